The molecule has 1 aromatic carbocycles. The first-order valence-corrected chi connectivity index (χ1v) is 4.09. The fourth-order valence-corrected chi connectivity index (χ4v) is 1.25. The van der Waals surface area contributed by atoms with Crippen molar-refractivity contribution in [3.8, 4) is 0 Å². The van der Waals surface area contributed by atoms with E-state index < -0.39 is 5.97 Å². The van der Waals surface area contributed by atoms with Crippen molar-refractivity contribution >= 4 is 5.97 Å². The first-order valence-electron chi connectivity index (χ1n) is 4.09. The first-order chi connectivity index (χ1) is 6.15. The molecule has 0 aliphatic carbocycles. The van der Waals surface area contributed by atoms with Crippen molar-refractivity contribution in [1.29, 1.82) is 0 Å². The average Bonchev–Trinajstić information content (AvgIpc) is 2.04. The third kappa shape index (κ3) is 2.29. The molecule has 0 heterocycles. The van der Waals surface area contributed by atoms with E-state index in [4.69, 9.17) is 10.2 Å². The van der Waals surface area contributed by atoms with Gasteiger partial charge in [-0.2, -0.15) is 0 Å². The maximum atomic E-state index is 10.6. The molecule has 0 fully saturated rings. The molecule has 3 heteroatoms. The number of carbonyl (C=O) groups is 1. The van der Waals surface area contributed by atoms with Crippen LogP contribution in [0.1, 0.15) is 21.5 Å². The second kappa shape index (κ2) is 4.05. The number of aromatic carboxylic acids is 1. The summed E-state index contributed by atoms with van der Waals surface area (Å²) in [6.07, 6.45) is 0.570. The molecule has 70 valence electrons. The molecule has 13 heavy (non-hydrogen) atoms. The van der Waals surface area contributed by atoms with Crippen molar-refractivity contribution in [3.63, 3.8) is 0 Å². The monoisotopic (exact) mass is 180 g/mol. The zero-order valence-corrected chi connectivity index (χ0v) is 7.45. The van der Waals surface area contributed by atoms with Gasteiger partial charge in [0.05, 0.1) is 5.56 Å². The highest BCUT2D eigenvalue weighted by Gasteiger charge is 2.06. The minimum absolute atomic E-state index is 0.0891. The lowest BCUT2D eigenvalue weighted by molar-refractivity contribution is 0.0696. The van der Waals surface area contributed by atoms with Gasteiger partial charge in [0.1, 0.15) is 0 Å². The van der Waals surface area contributed by atoms with E-state index in [0.717, 1.165) is 11.1 Å². The van der Waals surface area contributed by atoms with Crippen LogP contribution in [0.3, 0.4) is 0 Å². The van der Waals surface area contributed by atoms with E-state index in [1.807, 2.05) is 0 Å². The lowest BCUT2D eigenvalue weighted by Crippen LogP contribution is -2.01. The number of hydrogen-bond donors (Lipinski definition) is 2. The normalized spacial score (nSPS) is 10.0. The van der Waals surface area contributed by atoms with Gasteiger partial charge in [0.2, 0.25) is 0 Å². The van der Waals surface area contributed by atoms with Crippen LogP contribution in [0.25, 0.3) is 0 Å². The van der Waals surface area contributed by atoms with E-state index in [-0.39, 0.29) is 6.61 Å². The molecular formula is C10H12O3. The van der Waals surface area contributed by atoms with Gasteiger partial charge in [-0.05, 0) is 30.5 Å². The van der Waals surface area contributed by atoms with Crippen LogP contribution in [0, 0.1) is 6.92 Å². The summed E-state index contributed by atoms with van der Waals surface area (Å²) < 4.78 is 0. The van der Waals surface area contributed by atoms with Crippen LogP contribution in [0.15, 0.2) is 18.2 Å². The molecule has 0 aliphatic rings. The van der Waals surface area contributed by atoms with Gasteiger partial charge < -0.3 is 10.2 Å². The Labute approximate surface area is 76.6 Å². The van der Waals surface area contributed by atoms with Gasteiger partial charge >= 0.3 is 5.97 Å². The van der Waals surface area contributed by atoms with E-state index in [1.165, 1.54) is 0 Å². The van der Waals surface area contributed by atoms with Crippen LogP contribution in [-0.4, -0.2) is 22.8 Å². The molecule has 0 unspecified atom stereocenters. The van der Waals surface area contributed by atoms with Crippen LogP contribution in [0.4, 0.5) is 0 Å². The van der Waals surface area contributed by atoms with Crippen LogP contribution in [-0.2, 0) is 6.42 Å². The number of rotatable bonds is 3. The number of aliphatic hydroxyl groups excluding tert-OH is 1. The van der Waals surface area contributed by atoms with E-state index in [9.17, 15) is 4.79 Å². The van der Waals surface area contributed by atoms with E-state index in [0.29, 0.717) is 12.0 Å². The summed E-state index contributed by atoms with van der Waals surface area (Å²) >= 11 is 0. The molecule has 0 amide bonds. The molecule has 0 aliphatic heterocycles. The Morgan fingerprint density at radius 1 is 1.46 bits per heavy atom. The molecule has 0 spiro atoms. The SMILES string of the molecule is Cc1cc(CCO)ccc1C(=O)O. The molecule has 0 aromatic heterocycles. The Morgan fingerprint density at radius 2 is 2.15 bits per heavy atom. The first kappa shape index (κ1) is 9.74. The zero-order chi connectivity index (χ0) is 9.84. The quantitative estimate of drug-likeness (QED) is 0.735. The molecule has 0 saturated heterocycles. The standard InChI is InChI=1S/C10H12O3/c1-7-6-8(4-5-11)2-3-9(7)10(12)13/h2-3,6,11H,4-5H2,1H3,(H,12,13). The number of carboxylic acids is 1. The summed E-state index contributed by atoms with van der Waals surface area (Å²) in [4.78, 5) is 10.6. The van der Waals surface area contributed by atoms with Crippen LogP contribution < -0.4 is 0 Å². The fraction of sp³-hybridized carbons (Fsp3) is 0.300. The second-order valence-corrected chi connectivity index (χ2v) is 2.93. The summed E-state index contributed by atoms with van der Waals surface area (Å²) in [7, 11) is 0. The summed E-state index contributed by atoms with van der Waals surface area (Å²) in [6, 6.07) is 5.09. The number of aliphatic hydroxyl groups is 1. The van der Waals surface area contributed by atoms with E-state index in [2.05, 4.69) is 0 Å². The fourth-order valence-electron chi connectivity index (χ4n) is 1.25. The molecule has 0 atom stereocenters. The van der Waals surface area contributed by atoms with Crippen LogP contribution in [0.2, 0.25) is 0 Å². The highest BCUT2D eigenvalue weighted by molar-refractivity contribution is 5.89. The van der Waals surface area contributed by atoms with Crippen molar-refractivity contribution in [2.75, 3.05) is 6.61 Å². The highest BCUT2D eigenvalue weighted by Crippen LogP contribution is 2.11. The van der Waals surface area contributed by atoms with Crippen LogP contribution >= 0.6 is 0 Å². The average molecular weight is 180 g/mol. The maximum absolute atomic E-state index is 10.6. The Morgan fingerprint density at radius 3 is 2.62 bits per heavy atom. The third-order valence-corrected chi connectivity index (χ3v) is 1.92. The maximum Gasteiger partial charge on any atom is 0.335 e. The molecule has 2 N–H and O–H groups in total. The third-order valence-electron chi connectivity index (χ3n) is 1.92. The highest BCUT2D eigenvalue weighted by atomic mass is 16.4. The molecule has 1 rings (SSSR count). The van der Waals surface area contributed by atoms with Crippen molar-refractivity contribution in [2.24, 2.45) is 0 Å². The summed E-state index contributed by atoms with van der Waals surface area (Å²) in [5.74, 6) is -0.909. The molecule has 0 bridgehead atoms. The van der Waals surface area contributed by atoms with Gasteiger partial charge in [0.25, 0.3) is 0 Å². The Hall–Kier alpha value is -1.35. The molecular weight excluding hydrogens is 168 g/mol. The van der Waals surface area contributed by atoms with Crippen molar-refractivity contribution in [3.05, 3.63) is 34.9 Å². The van der Waals surface area contributed by atoms with Gasteiger partial charge in [0.15, 0.2) is 0 Å². The Balaban J connectivity index is 2.98. The largest absolute Gasteiger partial charge is 0.478 e. The van der Waals surface area contributed by atoms with Gasteiger partial charge in [-0.1, -0.05) is 12.1 Å². The minimum Gasteiger partial charge on any atom is -0.478 e. The molecule has 0 saturated carbocycles. The van der Waals surface area contributed by atoms with E-state index >= 15 is 0 Å². The van der Waals surface area contributed by atoms with Gasteiger partial charge in [0, 0.05) is 6.61 Å². The molecule has 1 aromatic rings. The summed E-state index contributed by atoms with van der Waals surface area (Å²) in [5, 5.41) is 17.4. The van der Waals surface area contributed by atoms with Crippen molar-refractivity contribution in [1.82, 2.24) is 0 Å². The second-order valence-electron chi connectivity index (χ2n) is 2.93. The number of aryl methyl sites for hydroxylation is 1. The molecule has 3 nitrogen and oxygen atoms in total. The predicted octanol–water partition coefficient (Wildman–Crippen LogP) is 1.23. The predicted molar refractivity (Wildman–Crippen MR) is 48.9 cm³/mol. The van der Waals surface area contributed by atoms with Gasteiger partial charge in [-0.3, -0.25) is 0 Å². The Bertz CT molecular complexity index is 318. The van der Waals surface area contributed by atoms with Crippen LogP contribution in [0.5, 0.6) is 0 Å². The van der Waals surface area contributed by atoms with Gasteiger partial charge in [-0.25, -0.2) is 4.79 Å². The lowest BCUT2D eigenvalue weighted by atomic mass is 10.0. The van der Waals surface area contributed by atoms with Crippen molar-refractivity contribution in [2.45, 2.75) is 13.3 Å². The summed E-state index contributed by atoms with van der Waals surface area (Å²) in [5.41, 5.74) is 2.02. The van der Waals surface area contributed by atoms with Gasteiger partial charge in [-0.15, -0.1) is 0 Å². The number of hydrogen-bond acceptors (Lipinski definition) is 2. The summed E-state index contributed by atoms with van der Waals surface area (Å²) in [6.45, 7) is 1.84. The number of carboxylic acid groups (broad SMARTS) is 1. The van der Waals surface area contributed by atoms with E-state index in [1.54, 1.807) is 25.1 Å². The lowest BCUT2D eigenvalue weighted by Gasteiger charge is -2.03. The Kier molecular flexibility index (Phi) is 3.03. The van der Waals surface area contributed by atoms with Crippen molar-refractivity contribution < 1.29 is 15.0 Å². The smallest absolute Gasteiger partial charge is 0.335 e. The molecule has 0 radical (unpaired) electrons. The minimum atomic E-state index is -0.909. The number of benzene rings is 1. The topological polar surface area (TPSA) is 57.5 Å². The zero-order valence-electron chi connectivity index (χ0n) is 7.45.